The zero-order valence-corrected chi connectivity index (χ0v) is 22.6. The van der Waals surface area contributed by atoms with Crippen LogP contribution in [0.1, 0.15) is 25.3 Å². The Balaban J connectivity index is 1.27. The van der Waals surface area contributed by atoms with Crippen LogP contribution in [0, 0.1) is 0 Å². The van der Waals surface area contributed by atoms with Gasteiger partial charge >= 0.3 is 12.7 Å². The number of rotatable bonds is 7. The number of hydrogen-bond donors (Lipinski definition) is 0. The summed E-state index contributed by atoms with van der Waals surface area (Å²) in [5.41, 5.74) is 2.32. The number of ether oxygens (including phenoxy) is 2. The van der Waals surface area contributed by atoms with Crippen LogP contribution in [-0.2, 0) is 4.74 Å². The highest BCUT2D eigenvalue weighted by Crippen LogP contribution is 2.36. The van der Waals surface area contributed by atoms with Crippen molar-refractivity contribution in [3.8, 4) is 22.8 Å². The molecule has 0 saturated carbocycles. The third-order valence-electron chi connectivity index (χ3n) is 6.06. The molecule has 1 unspecified atom stereocenters. The van der Waals surface area contributed by atoms with E-state index >= 15 is 0 Å². The molecule has 0 radical (unpaired) electrons. The first-order valence-electron chi connectivity index (χ1n) is 12.5. The van der Waals surface area contributed by atoms with E-state index in [1.165, 1.54) is 59.3 Å². The number of amidine groups is 1. The molecule has 1 fully saturated rings. The highest BCUT2D eigenvalue weighted by atomic mass is 32.2. The number of hydrogen-bond acceptors (Lipinski definition) is 7. The van der Waals surface area contributed by atoms with E-state index < -0.39 is 12.7 Å². The molecule has 2 aromatic carbocycles. The van der Waals surface area contributed by atoms with Crippen molar-refractivity contribution in [2.75, 3.05) is 5.75 Å². The lowest BCUT2D eigenvalue weighted by Crippen LogP contribution is -2.33. The number of nitrogens with zero attached hydrogens (tertiary/aromatic N) is 6. The summed E-state index contributed by atoms with van der Waals surface area (Å²) >= 11 is 1.40. The summed E-state index contributed by atoms with van der Waals surface area (Å²) in [6, 6.07) is 12.2. The zero-order valence-electron chi connectivity index (χ0n) is 21.8. The van der Waals surface area contributed by atoms with Gasteiger partial charge in [0.15, 0.2) is 11.0 Å². The van der Waals surface area contributed by atoms with Crippen molar-refractivity contribution in [3.63, 3.8) is 0 Å². The number of allylic oxidation sites excluding steroid dienone is 3. The van der Waals surface area contributed by atoms with Gasteiger partial charge in [-0.3, -0.25) is 0 Å². The van der Waals surface area contributed by atoms with E-state index in [0.717, 1.165) is 0 Å². The van der Waals surface area contributed by atoms with E-state index in [0.29, 0.717) is 52.1 Å². The fourth-order valence-corrected chi connectivity index (χ4v) is 5.33. The van der Waals surface area contributed by atoms with Gasteiger partial charge in [-0.05, 0) is 55.7 Å². The Morgan fingerprint density at radius 2 is 1.69 bits per heavy atom. The predicted molar refractivity (Wildman–Crippen MR) is 145 cm³/mol. The molecule has 0 N–H and O–H groups in total. The molecule has 8 nitrogen and oxygen atoms in total. The Bertz CT molecular complexity index is 1530. The van der Waals surface area contributed by atoms with Gasteiger partial charge in [-0.25, -0.2) is 9.67 Å². The van der Waals surface area contributed by atoms with Crippen molar-refractivity contribution in [1.29, 1.82) is 0 Å². The second-order valence-corrected chi connectivity index (χ2v) is 10.1. The Labute approximate surface area is 240 Å². The first kappa shape index (κ1) is 29.2. The van der Waals surface area contributed by atoms with Crippen LogP contribution in [0.4, 0.5) is 26.3 Å². The van der Waals surface area contributed by atoms with Gasteiger partial charge in [0.25, 0.3) is 0 Å². The van der Waals surface area contributed by atoms with E-state index in [-0.39, 0.29) is 17.6 Å². The van der Waals surface area contributed by atoms with E-state index in [1.807, 2.05) is 6.92 Å². The van der Waals surface area contributed by atoms with Crippen LogP contribution in [0.2, 0.25) is 0 Å². The van der Waals surface area contributed by atoms with E-state index in [1.54, 1.807) is 35.2 Å². The van der Waals surface area contributed by atoms with Crippen LogP contribution in [0.3, 0.4) is 0 Å². The third-order valence-corrected chi connectivity index (χ3v) is 7.25. The van der Waals surface area contributed by atoms with Gasteiger partial charge in [0.05, 0.1) is 17.6 Å². The molecule has 1 atom stereocenters. The van der Waals surface area contributed by atoms with Crippen LogP contribution in [-0.4, -0.2) is 55.6 Å². The normalized spacial score (nSPS) is 18.9. The zero-order chi connectivity index (χ0) is 29.9. The highest BCUT2D eigenvalue weighted by Gasteiger charge is 2.37. The monoisotopic (exact) mass is 608 g/mol. The maximum absolute atomic E-state index is 12.9. The molecule has 42 heavy (non-hydrogen) atoms. The number of benzene rings is 2. The molecule has 1 aliphatic heterocycles. The van der Waals surface area contributed by atoms with Crippen molar-refractivity contribution in [1.82, 2.24) is 19.7 Å². The van der Waals surface area contributed by atoms with E-state index in [4.69, 9.17) is 0 Å². The Hall–Kier alpha value is -4.27. The van der Waals surface area contributed by atoms with Gasteiger partial charge < -0.3 is 14.4 Å². The maximum Gasteiger partial charge on any atom is 0.573 e. The van der Waals surface area contributed by atoms with Crippen LogP contribution in [0.5, 0.6) is 5.75 Å². The molecule has 1 aromatic heterocycles. The SMILES string of the molecule is CC1CS/C(=N\N=C\c2ccc(-c3ncn(-c4ccc(OC(F)(F)F)cc4)n3)cc2)N1C1=C(OC(F)(F)F)C=CCC1. The molecule has 0 bridgehead atoms. The summed E-state index contributed by atoms with van der Waals surface area (Å²) in [5, 5.41) is 13.3. The predicted octanol–water partition coefficient (Wildman–Crippen LogP) is 7.06. The molecule has 1 aliphatic carbocycles. The third kappa shape index (κ3) is 7.32. The van der Waals surface area contributed by atoms with Gasteiger partial charge in [0, 0.05) is 17.4 Å². The molecule has 0 spiro atoms. The van der Waals surface area contributed by atoms with Crippen molar-refractivity contribution < 1.29 is 35.8 Å². The van der Waals surface area contributed by atoms with Gasteiger partial charge in [0.2, 0.25) is 0 Å². The lowest BCUT2D eigenvalue weighted by Gasteiger charge is -2.29. The number of halogens is 6. The van der Waals surface area contributed by atoms with Gasteiger partial charge in [-0.15, -0.1) is 36.5 Å². The topological polar surface area (TPSA) is 77.1 Å². The Kier molecular flexibility index (Phi) is 8.29. The fraction of sp³-hybridized carbons (Fsp3) is 0.259. The van der Waals surface area contributed by atoms with Crippen molar-refractivity contribution in [2.45, 2.75) is 38.5 Å². The average Bonchev–Trinajstić information content (AvgIpc) is 3.55. The van der Waals surface area contributed by atoms with E-state index in [2.05, 4.69) is 29.8 Å². The largest absolute Gasteiger partial charge is 0.573 e. The summed E-state index contributed by atoms with van der Waals surface area (Å²) in [6.07, 6.45) is -2.65. The van der Waals surface area contributed by atoms with E-state index in [9.17, 15) is 26.3 Å². The molecule has 5 rings (SSSR count). The standard InChI is InChI=1S/C27H22F6N6O2S/c1-17-15-42-25(39(17)22-4-2-3-5-23(22)41-27(31,32)33)36-35-14-18-6-8-19(9-7-18)24-34-16-38(37-24)20-10-12-21(13-11-20)40-26(28,29)30/h3,5-14,16-17H,2,4,15H2,1H3/b35-14+,36-25-. The molecular formula is C27H22F6N6O2S. The number of aromatic nitrogens is 3. The van der Waals surface area contributed by atoms with Crippen LogP contribution in [0.15, 0.2) is 88.7 Å². The second kappa shape index (κ2) is 11.9. The summed E-state index contributed by atoms with van der Waals surface area (Å²) in [7, 11) is 0. The van der Waals surface area contributed by atoms with Gasteiger partial charge in [-0.2, -0.15) is 5.10 Å². The fourth-order valence-electron chi connectivity index (χ4n) is 4.26. The number of alkyl halides is 6. The first-order chi connectivity index (χ1) is 19.9. The molecule has 220 valence electrons. The quantitative estimate of drug-likeness (QED) is 0.162. The molecular weight excluding hydrogens is 586 g/mol. The molecule has 15 heteroatoms. The van der Waals surface area contributed by atoms with Crippen LogP contribution < -0.4 is 4.74 Å². The van der Waals surface area contributed by atoms with Crippen molar-refractivity contribution in [2.24, 2.45) is 10.2 Å². The maximum atomic E-state index is 12.9. The minimum Gasteiger partial charge on any atom is -0.406 e. The van der Waals surface area contributed by atoms with Crippen LogP contribution in [0.25, 0.3) is 17.1 Å². The lowest BCUT2D eigenvalue weighted by molar-refractivity contribution is -0.304. The number of thioether (sulfide) groups is 1. The van der Waals surface area contributed by atoms with Gasteiger partial charge in [-0.1, -0.05) is 42.1 Å². The first-order valence-corrected chi connectivity index (χ1v) is 13.5. The molecule has 0 amide bonds. The molecule has 2 heterocycles. The smallest absolute Gasteiger partial charge is 0.406 e. The highest BCUT2D eigenvalue weighted by molar-refractivity contribution is 8.14. The summed E-state index contributed by atoms with van der Waals surface area (Å²) < 4.78 is 85.5. The molecule has 2 aliphatic rings. The Morgan fingerprint density at radius 1 is 0.976 bits per heavy atom. The van der Waals surface area contributed by atoms with Crippen molar-refractivity contribution in [3.05, 3.63) is 84.0 Å². The van der Waals surface area contributed by atoms with Gasteiger partial charge in [0.1, 0.15) is 17.8 Å². The average molecular weight is 609 g/mol. The minimum atomic E-state index is -4.80. The minimum absolute atomic E-state index is 0.0879. The summed E-state index contributed by atoms with van der Waals surface area (Å²) in [6.45, 7) is 1.90. The summed E-state index contributed by atoms with van der Waals surface area (Å²) in [4.78, 5) is 6.01. The second-order valence-electron chi connectivity index (χ2n) is 9.13. The van der Waals surface area contributed by atoms with Crippen molar-refractivity contribution >= 4 is 23.1 Å². The molecule has 1 saturated heterocycles. The summed E-state index contributed by atoms with van der Waals surface area (Å²) in [5.74, 6) is 0.457. The molecule has 3 aromatic rings. The Morgan fingerprint density at radius 3 is 2.38 bits per heavy atom. The van der Waals surface area contributed by atoms with Crippen LogP contribution >= 0.6 is 11.8 Å². The lowest BCUT2D eigenvalue weighted by atomic mass is 10.1.